The number of rotatable bonds is 5. The molecule has 0 bridgehead atoms. The van der Waals surface area contributed by atoms with Crippen molar-refractivity contribution in [1.29, 1.82) is 0 Å². The molecule has 1 aromatic heterocycles. The predicted molar refractivity (Wildman–Crippen MR) is 105 cm³/mol. The minimum absolute atomic E-state index is 0.0325. The van der Waals surface area contributed by atoms with E-state index in [1.165, 1.54) is 17.8 Å². The summed E-state index contributed by atoms with van der Waals surface area (Å²) in [6.45, 7) is 10.6. The molecule has 0 spiro atoms. The van der Waals surface area contributed by atoms with Crippen LogP contribution in [0.4, 0.5) is 0 Å². The second-order valence-corrected chi connectivity index (χ2v) is 8.86. The summed E-state index contributed by atoms with van der Waals surface area (Å²) < 4.78 is 0. The molecule has 0 aromatic carbocycles. The van der Waals surface area contributed by atoms with Gasteiger partial charge >= 0.3 is 0 Å². The second kappa shape index (κ2) is 9.00. The zero-order chi connectivity index (χ0) is 18.5. The fraction of sp³-hybridized carbons (Fsp3) is 0.700. The highest BCUT2D eigenvalue weighted by atomic mass is 32.1. The van der Waals surface area contributed by atoms with Crippen LogP contribution in [0.25, 0.3) is 0 Å². The molecule has 26 heavy (non-hydrogen) atoms. The number of amides is 2. The Morgan fingerprint density at radius 1 is 1.15 bits per heavy atom. The lowest BCUT2D eigenvalue weighted by molar-refractivity contribution is -0.138. The normalized spacial score (nSPS) is 22.0. The van der Waals surface area contributed by atoms with Gasteiger partial charge in [-0.15, -0.1) is 11.3 Å². The first-order chi connectivity index (χ1) is 12.5. The predicted octanol–water partition coefficient (Wildman–Crippen LogP) is 2.79. The van der Waals surface area contributed by atoms with Crippen molar-refractivity contribution in [2.24, 2.45) is 11.8 Å². The van der Waals surface area contributed by atoms with E-state index in [-0.39, 0.29) is 17.7 Å². The van der Waals surface area contributed by atoms with Crippen LogP contribution in [0.3, 0.4) is 0 Å². The van der Waals surface area contributed by atoms with E-state index in [2.05, 4.69) is 18.7 Å². The van der Waals surface area contributed by atoms with Crippen molar-refractivity contribution >= 4 is 23.2 Å². The van der Waals surface area contributed by atoms with Crippen LogP contribution in [-0.2, 0) is 4.79 Å². The van der Waals surface area contributed by atoms with Crippen LogP contribution in [-0.4, -0.2) is 72.3 Å². The number of hydrogen-bond donors (Lipinski definition) is 0. The summed E-state index contributed by atoms with van der Waals surface area (Å²) in [4.78, 5) is 32.7. The van der Waals surface area contributed by atoms with Crippen LogP contribution < -0.4 is 0 Å². The highest BCUT2D eigenvalue weighted by molar-refractivity contribution is 7.12. The molecule has 1 aromatic rings. The molecule has 2 saturated heterocycles. The van der Waals surface area contributed by atoms with E-state index in [4.69, 9.17) is 0 Å². The Morgan fingerprint density at radius 3 is 2.58 bits per heavy atom. The molecule has 2 fully saturated rings. The van der Waals surface area contributed by atoms with E-state index in [9.17, 15) is 9.59 Å². The number of carbonyl (C=O) groups excluding carboxylic acids is 2. The van der Waals surface area contributed by atoms with Gasteiger partial charge in [-0.05, 0) is 43.2 Å². The van der Waals surface area contributed by atoms with Gasteiger partial charge in [0.25, 0.3) is 5.91 Å². The third kappa shape index (κ3) is 4.86. The van der Waals surface area contributed by atoms with Crippen molar-refractivity contribution in [3.63, 3.8) is 0 Å². The molecule has 2 aliphatic heterocycles. The third-order valence-electron chi connectivity index (χ3n) is 5.50. The number of likely N-dealkylation sites (tertiary alicyclic amines) is 1. The molecule has 0 aliphatic carbocycles. The number of carbonyl (C=O) groups is 2. The van der Waals surface area contributed by atoms with Crippen LogP contribution in [0, 0.1) is 11.8 Å². The van der Waals surface area contributed by atoms with Gasteiger partial charge in [-0.1, -0.05) is 19.9 Å². The maximum atomic E-state index is 13.0. The number of piperidine rings is 1. The van der Waals surface area contributed by atoms with E-state index in [1.807, 2.05) is 27.3 Å². The summed E-state index contributed by atoms with van der Waals surface area (Å²) in [5, 5.41) is 1.93. The maximum Gasteiger partial charge on any atom is 0.263 e. The zero-order valence-corrected chi connectivity index (χ0v) is 16.8. The summed E-state index contributed by atoms with van der Waals surface area (Å²) in [6, 6.07) is 3.78. The Kier molecular flexibility index (Phi) is 6.70. The number of nitrogens with zero attached hydrogens (tertiary/aromatic N) is 3. The smallest absolute Gasteiger partial charge is 0.263 e. The van der Waals surface area contributed by atoms with Gasteiger partial charge in [-0.25, -0.2) is 0 Å². The number of thiophene rings is 1. The molecule has 1 unspecified atom stereocenters. The number of hydrogen-bond acceptors (Lipinski definition) is 4. The highest BCUT2D eigenvalue weighted by Gasteiger charge is 2.33. The molecule has 2 aliphatic rings. The first-order valence-corrected chi connectivity index (χ1v) is 10.8. The van der Waals surface area contributed by atoms with Crippen LogP contribution in [0.1, 0.15) is 42.8 Å². The largest absolute Gasteiger partial charge is 0.340 e. The molecule has 0 saturated carbocycles. The molecule has 2 amide bonds. The van der Waals surface area contributed by atoms with E-state index in [1.54, 1.807) is 0 Å². The summed E-state index contributed by atoms with van der Waals surface area (Å²) >= 11 is 1.48. The molecular weight excluding hydrogens is 346 g/mol. The molecule has 3 rings (SSSR count). The van der Waals surface area contributed by atoms with Gasteiger partial charge in [-0.3, -0.25) is 14.5 Å². The summed E-state index contributed by atoms with van der Waals surface area (Å²) in [7, 11) is 0. The van der Waals surface area contributed by atoms with Gasteiger partial charge in [0.2, 0.25) is 5.91 Å². The van der Waals surface area contributed by atoms with Gasteiger partial charge < -0.3 is 9.80 Å². The Morgan fingerprint density at radius 2 is 1.92 bits per heavy atom. The lowest BCUT2D eigenvalue weighted by Crippen LogP contribution is -2.53. The molecule has 6 heteroatoms. The first-order valence-electron chi connectivity index (χ1n) is 9.88. The molecule has 5 nitrogen and oxygen atoms in total. The second-order valence-electron chi connectivity index (χ2n) is 7.92. The van der Waals surface area contributed by atoms with E-state index >= 15 is 0 Å². The molecular formula is C20H31N3O2S. The average Bonchev–Trinajstić information content (AvgIpc) is 3.20. The van der Waals surface area contributed by atoms with Crippen molar-refractivity contribution in [2.75, 3.05) is 45.8 Å². The highest BCUT2D eigenvalue weighted by Crippen LogP contribution is 2.22. The van der Waals surface area contributed by atoms with E-state index in [0.29, 0.717) is 6.54 Å². The summed E-state index contributed by atoms with van der Waals surface area (Å²) in [5.74, 6) is 1.02. The zero-order valence-electron chi connectivity index (χ0n) is 16.0. The van der Waals surface area contributed by atoms with Gasteiger partial charge in [0, 0.05) is 39.3 Å². The SMILES string of the molecule is CC(C)CCN1CCN(C(=O)C2CCCN(C(=O)c3cccs3)C2)CC1. The molecule has 3 heterocycles. The fourth-order valence-electron chi connectivity index (χ4n) is 3.81. The van der Waals surface area contributed by atoms with Crippen molar-refractivity contribution in [2.45, 2.75) is 33.1 Å². The minimum Gasteiger partial charge on any atom is -0.340 e. The van der Waals surface area contributed by atoms with Crippen LogP contribution in [0.15, 0.2) is 17.5 Å². The Labute approximate surface area is 161 Å². The Balaban J connectivity index is 1.49. The van der Waals surface area contributed by atoms with Crippen LogP contribution in [0.2, 0.25) is 0 Å². The van der Waals surface area contributed by atoms with Crippen molar-refractivity contribution < 1.29 is 9.59 Å². The first kappa shape index (κ1) is 19.4. The van der Waals surface area contributed by atoms with Crippen LogP contribution >= 0.6 is 11.3 Å². The van der Waals surface area contributed by atoms with Crippen molar-refractivity contribution in [3.05, 3.63) is 22.4 Å². The molecule has 0 radical (unpaired) electrons. The van der Waals surface area contributed by atoms with Gasteiger partial charge in [0.15, 0.2) is 0 Å². The van der Waals surface area contributed by atoms with Gasteiger partial charge in [0.1, 0.15) is 0 Å². The monoisotopic (exact) mass is 377 g/mol. The van der Waals surface area contributed by atoms with E-state index in [0.717, 1.165) is 62.9 Å². The molecule has 1 atom stereocenters. The average molecular weight is 378 g/mol. The molecule has 0 N–H and O–H groups in total. The Bertz CT molecular complexity index is 594. The summed E-state index contributed by atoms with van der Waals surface area (Å²) in [6.07, 6.45) is 3.04. The third-order valence-corrected chi connectivity index (χ3v) is 6.35. The number of piperazine rings is 1. The molecule has 144 valence electrons. The van der Waals surface area contributed by atoms with Gasteiger partial charge in [-0.2, -0.15) is 0 Å². The van der Waals surface area contributed by atoms with Crippen LogP contribution in [0.5, 0.6) is 0 Å². The van der Waals surface area contributed by atoms with Crippen molar-refractivity contribution in [3.8, 4) is 0 Å². The lowest BCUT2D eigenvalue weighted by Gasteiger charge is -2.39. The van der Waals surface area contributed by atoms with E-state index < -0.39 is 0 Å². The lowest BCUT2D eigenvalue weighted by atomic mass is 9.96. The quantitative estimate of drug-likeness (QED) is 0.793. The standard InChI is InChI=1S/C20H31N3O2S/c1-16(2)7-9-21-10-12-22(13-11-21)19(24)17-5-3-8-23(15-17)20(25)18-6-4-14-26-18/h4,6,14,16-17H,3,5,7-13,15H2,1-2H3. The minimum atomic E-state index is -0.0325. The topological polar surface area (TPSA) is 43.9 Å². The fourth-order valence-corrected chi connectivity index (χ4v) is 4.50. The maximum absolute atomic E-state index is 13.0. The van der Waals surface area contributed by atoms with Gasteiger partial charge in [0.05, 0.1) is 10.8 Å². The summed E-state index contributed by atoms with van der Waals surface area (Å²) in [5.41, 5.74) is 0. The Hall–Kier alpha value is -1.40. The van der Waals surface area contributed by atoms with Crippen molar-refractivity contribution in [1.82, 2.24) is 14.7 Å².